The molecule has 208 valence electrons. The number of amides is 1. The number of unbranched alkanes of at least 4 members (excludes halogenated alkanes) is 1. The first-order valence-corrected chi connectivity index (χ1v) is 13.9. The fourth-order valence-corrected chi connectivity index (χ4v) is 4.74. The third-order valence-electron chi connectivity index (χ3n) is 6.90. The fraction of sp³-hybridized carbons (Fsp3) is 0.406. The van der Waals surface area contributed by atoms with Gasteiger partial charge in [-0.15, -0.1) is 0 Å². The van der Waals surface area contributed by atoms with E-state index in [-0.39, 0.29) is 24.8 Å². The molecule has 39 heavy (non-hydrogen) atoms. The number of nitrogens with two attached hydrogens (primary N) is 1. The van der Waals surface area contributed by atoms with E-state index in [0.29, 0.717) is 44.4 Å². The second-order valence-electron chi connectivity index (χ2n) is 9.75. The van der Waals surface area contributed by atoms with Gasteiger partial charge in [0.15, 0.2) is 11.5 Å². The molecule has 1 amide bonds. The average Bonchev–Trinajstić information content (AvgIpc) is 3.47. The summed E-state index contributed by atoms with van der Waals surface area (Å²) in [6, 6.07) is 25.8. The summed E-state index contributed by atoms with van der Waals surface area (Å²) in [6.45, 7) is 4.57. The SMILES string of the molecule is CCCCOC(=O)N1CCCC1C(CN)OCc1cccc(OCc2ccccc2)c1OCc1ccccc1. The molecule has 7 heteroatoms. The highest BCUT2D eigenvalue weighted by Gasteiger charge is 2.36. The van der Waals surface area contributed by atoms with Crippen LogP contribution in [0.1, 0.15) is 49.3 Å². The normalized spacial score (nSPS) is 15.6. The molecular weight excluding hydrogens is 492 g/mol. The molecule has 2 unspecified atom stereocenters. The zero-order chi connectivity index (χ0) is 27.3. The van der Waals surface area contributed by atoms with Gasteiger partial charge in [0.05, 0.1) is 25.4 Å². The minimum Gasteiger partial charge on any atom is -0.485 e. The minimum absolute atomic E-state index is 0.115. The lowest BCUT2D eigenvalue weighted by Gasteiger charge is -2.30. The topological polar surface area (TPSA) is 83.3 Å². The van der Waals surface area contributed by atoms with E-state index in [0.717, 1.165) is 42.4 Å². The van der Waals surface area contributed by atoms with Crippen LogP contribution in [-0.4, -0.2) is 42.8 Å². The molecule has 4 rings (SSSR count). The number of rotatable bonds is 14. The van der Waals surface area contributed by atoms with Crippen LogP contribution in [0.25, 0.3) is 0 Å². The number of benzene rings is 3. The highest BCUT2D eigenvalue weighted by atomic mass is 16.6. The Balaban J connectivity index is 1.47. The summed E-state index contributed by atoms with van der Waals surface area (Å²) in [7, 11) is 0. The summed E-state index contributed by atoms with van der Waals surface area (Å²) in [5, 5.41) is 0. The maximum atomic E-state index is 12.7. The molecule has 7 nitrogen and oxygen atoms in total. The molecule has 2 N–H and O–H groups in total. The van der Waals surface area contributed by atoms with E-state index >= 15 is 0 Å². The molecule has 1 heterocycles. The Kier molecular flexibility index (Phi) is 11.1. The van der Waals surface area contributed by atoms with E-state index in [1.54, 1.807) is 4.90 Å². The number of carbonyl (C=O) groups excluding carboxylic acids is 1. The zero-order valence-corrected chi connectivity index (χ0v) is 22.8. The van der Waals surface area contributed by atoms with Crippen LogP contribution in [0.2, 0.25) is 0 Å². The van der Waals surface area contributed by atoms with Crippen molar-refractivity contribution in [3.63, 3.8) is 0 Å². The van der Waals surface area contributed by atoms with Crippen LogP contribution in [-0.2, 0) is 29.3 Å². The molecule has 1 aliphatic rings. The Bertz CT molecular complexity index is 1140. The van der Waals surface area contributed by atoms with Crippen LogP contribution >= 0.6 is 0 Å². The lowest BCUT2D eigenvalue weighted by molar-refractivity contribution is -0.00810. The van der Waals surface area contributed by atoms with Crippen molar-refractivity contribution in [1.82, 2.24) is 4.90 Å². The summed E-state index contributed by atoms with van der Waals surface area (Å²) in [5.74, 6) is 1.30. The summed E-state index contributed by atoms with van der Waals surface area (Å²) >= 11 is 0. The monoisotopic (exact) mass is 532 g/mol. The van der Waals surface area contributed by atoms with Gasteiger partial charge in [-0.2, -0.15) is 0 Å². The van der Waals surface area contributed by atoms with Crippen molar-refractivity contribution in [3.05, 3.63) is 95.6 Å². The van der Waals surface area contributed by atoms with Crippen LogP contribution in [0.15, 0.2) is 78.9 Å². The van der Waals surface area contributed by atoms with Gasteiger partial charge in [-0.1, -0.05) is 86.1 Å². The van der Waals surface area contributed by atoms with Crippen molar-refractivity contribution in [2.75, 3.05) is 19.7 Å². The second kappa shape index (κ2) is 15.1. The Labute approximate surface area is 231 Å². The molecule has 1 saturated heterocycles. The largest absolute Gasteiger partial charge is 0.485 e. The van der Waals surface area contributed by atoms with Crippen molar-refractivity contribution in [2.24, 2.45) is 5.73 Å². The molecular formula is C32H40N2O5. The first kappa shape index (κ1) is 28.5. The summed E-state index contributed by atoms with van der Waals surface area (Å²) in [6.07, 6.45) is 2.98. The third-order valence-corrected chi connectivity index (χ3v) is 6.90. The number of ether oxygens (including phenoxy) is 4. The van der Waals surface area contributed by atoms with Gasteiger partial charge in [0.25, 0.3) is 0 Å². The molecule has 3 aromatic carbocycles. The highest BCUT2D eigenvalue weighted by Crippen LogP contribution is 2.34. The fourth-order valence-electron chi connectivity index (χ4n) is 4.74. The lowest BCUT2D eigenvalue weighted by Crippen LogP contribution is -2.47. The van der Waals surface area contributed by atoms with E-state index in [2.05, 4.69) is 6.92 Å². The van der Waals surface area contributed by atoms with Crippen molar-refractivity contribution < 1.29 is 23.7 Å². The Morgan fingerprint density at radius 2 is 1.62 bits per heavy atom. The van der Waals surface area contributed by atoms with Gasteiger partial charge in [0.2, 0.25) is 0 Å². The Hall–Kier alpha value is -3.55. The molecule has 0 aliphatic carbocycles. The predicted octanol–water partition coefficient (Wildman–Crippen LogP) is 6.09. The van der Waals surface area contributed by atoms with E-state index in [1.807, 2.05) is 78.9 Å². The average molecular weight is 533 g/mol. The van der Waals surface area contributed by atoms with Crippen molar-refractivity contribution in [1.29, 1.82) is 0 Å². The number of nitrogens with zero attached hydrogens (tertiary/aromatic N) is 1. The summed E-state index contributed by atoms with van der Waals surface area (Å²) < 4.78 is 24.4. The lowest BCUT2D eigenvalue weighted by atomic mass is 10.1. The smallest absolute Gasteiger partial charge is 0.410 e. The second-order valence-corrected chi connectivity index (χ2v) is 9.75. The van der Waals surface area contributed by atoms with Gasteiger partial charge in [0.1, 0.15) is 13.2 Å². The molecule has 1 fully saturated rings. The maximum absolute atomic E-state index is 12.7. The molecule has 1 aliphatic heterocycles. The molecule has 2 atom stereocenters. The molecule has 0 radical (unpaired) electrons. The molecule has 0 bridgehead atoms. The van der Waals surface area contributed by atoms with Gasteiger partial charge in [-0.25, -0.2) is 4.79 Å². The number of hydrogen-bond acceptors (Lipinski definition) is 6. The maximum Gasteiger partial charge on any atom is 0.410 e. The zero-order valence-electron chi connectivity index (χ0n) is 22.8. The van der Waals surface area contributed by atoms with E-state index < -0.39 is 0 Å². The van der Waals surface area contributed by atoms with Crippen LogP contribution in [0.5, 0.6) is 11.5 Å². The predicted molar refractivity (Wildman–Crippen MR) is 152 cm³/mol. The van der Waals surface area contributed by atoms with Gasteiger partial charge >= 0.3 is 6.09 Å². The standard InChI is InChI=1S/C32H40N2O5/c1-2-3-20-36-32(35)34-19-11-17-28(34)30(21-33)38-24-27-16-10-18-29(37-22-25-12-6-4-7-13-25)31(27)39-23-26-14-8-5-9-15-26/h4-10,12-16,18,28,30H,2-3,11,17,19-24,33H2,1H3. The molecule has 3 aromatic rings. The molecule has 0 saturated carbocycles. The Morgan fingerprint density at radius 3 is 2.28 bits per heavy atom. The number of likely N-dealkylation sites (tertiary alicyclic amines) is 1. The molecule has 0 spiro atoms. The number of carbonyl (C=O) groups is 1. The van der Waals surface area contributed by atoms with Crippen LogP contribution in [0.4, 0.5) is 4.79 Å². The number of hydrogen-bond donors (Lipinski definition) is 1. The van der Waals surface area contributed by atoms with Crippen LogP contribution in [0, 0.1) is 0 Å². The Morgan fingerprint density at radius 1 is 0.923 bits per heavy atom. The van der Waals surface area contributed by atoms with Gasteiger partial charge in [0, 0.05) is 18.7 Å². The number of para-hydroxylation sites is 1. The van der Waals surface area contributed by atoms with E-state index in [9.17, 15) is 4.79 Å². The minimum atomic E-state index is -0.318. The van der Waals surface area contributed by atoms with Crippen LogP contribution in [0.3, 0.4) is 0 Å². The summed E-state index contributed by atoms with van der Waals surface area (Å²) in [4.78, 5) is 14.5. The summed E-state index contributed by atoms with van der Waals surface area (Å²) in [5.41, 5.74) is 9.15. The highest BCUT2D eigenvalue weighted by molar-refractivity contribution is 5.68. The van der Waals surface area contributed by atoms with Gasteiger partial charge < -0.3 is 29.6 Å². The first-order chi connectivity index (χ1) is 19.2. The van der Waals surface area contributed by atoms with Crippen molar-refractivity contribution in [3.8, 4) is 11.5 Å². The van der Waals surface area contributed by atoms with Crippen molar-refractivity contribution in [2.45, 2.75) is 64.6 Å². The van der Waals surface area contributed by atoms with Gasteiger partial charge in [-0.3, -0.25) is 0 Å². The van der Waals surface area contributed by atoms with Gasteiger partial charge in [-0.05, 0) is 36.5 Å². The quantitative estimate of drug-likeness (QED) is 0.253. The van der Waals surface area contributed by atoms with E-state index in [4.69, 9.17) is 24.7 Å². The van der Waals surface area contributed by atoms with E-state index in [1.165, 1.54) is 0 Å². The first-order valence-electron chi connectivity index (χ1n) is 13.9. The molecule has 0 aromatic heterocycles. The third kappa shape index (κ3) is 8.22. The van der Waals surface area contributed by atoms with Crippen molar-refractivity contribution >= 4 is 6.09 Å². The van der Waals surface area contributed by atoms with Crippen LogP contribution < -0.4 is 15.2 Å².